The lowest BCUT2D eigenvalue weighted by Gasteiger charge is -2.25. The molecule has 0 bridgehead atoms. The number of carboxylic acid groups (broad SMARTS) is 1. The maximum atomic E-state index is 11.0. The van der Waals surface area contributed by atoms with Crippen LogP contribution < -0.4 is 4.74 Å². The number of nitrogens with zero attached hydrogens (tertiary/aromatic N) is 3. The molecule has 1 fully saturated rings. The van der Waals surface area contributed by atoms with Gasteiger partial charge in [-0.1, -0.05) is 44.4 Å². The van der Waals surface area contributed by atoms with E-state index in [9.17, 15) is 4.79 Å². The van der Waals surface area contributed by atoms with E-state index < -0.39 is 5.97 Å². The zero-order valence-corrected chi connectivity index (χ0v) is 16.6. The van der Waals surface area contributed by atoms with Gasteiger partial charge in [-0.2, -0.15) is 0 Å². The van der Waals surface area contributed by atoms with Crippen LogP contribution in [0.25, 0.3) is 11.4 Å². The Morgan fingerprint density at radius 2 is 1.96 bits per heavy atom. The summed E-state index contributed by atoms with van der Waals surface area (Å²) in [6, 6.07) is 8.29. The molecule has 27 heavy (non-hydrogen) atoms. The molecule has 0 aliphatic heterocycles. The van der Waals surface area contributed by atoms with Crippen molar-refractivity contribution < 1.29 is 14.6 Å². The molecule has 0 amide bonds. The summed E-state index contributed by atoms with van der Waals surface area (Å²) in [7, 11) is 0. The molecule has 1 N–H and O–H groups in total. The van der Waals surface area contributed by atoms with Crippen molar-refractivity contribution in [2.45, 2.75) is 63.1 Å². The molecule has 7 heteroatoms. The van der Waals surface area contributed by atoms with Crippen LogP contribution in [-0.4, -0.2) is 38.2 Å². The van der Waals surface area contributed by atoms with E-state index in [2.05, 4.69) is 21.7 Å². The number of hydrogen-bond acceptors (Lipinski definition) is 5. The Kier molecular flexibility index (Phi) is 7.15. The van der Waals surface area contributed by atoms with Crippen LogP contribution >= 0.6 is 11.8 Å². The van der Waals surface area contributed by atoms with Crippen molar-refractivity contribution in [3.8, 4) is 17.1 Å². The molecule has 1 saturated carbocycles. The second-order valence-corrected chi connectivity index (χ2v) is 7.82. The number of benzene rings is 1. The first-order valence-electron chi connectivity index (χ1n) is 9.71. The number of carbonyl (C=O) groups is 1. The van der Waals surface area contributed by atoms with Gasteiger partial charge in [-0.15, -0.1) is 10.2 Å². The molecule has 3 rings (SSSR count). The van der Waals surface area contributed by atoms with Gasteiger partial charge in [0, 0.05) is 11.6 Å². The van der Waals surface area contributed by atoms with Gasteiger partial charge in [0.25, 0.3) is 0 Å². The van der Waals surface area contributed by atoms with Crippen molar-refractivity contribution in [3.63, 3.8) is 0 Å². The summed E-state index contributed by atoms with van der Waals surface area (Å²) in [5, 5.41) is 18.4. The van der Waals surface area contributed by atoms with Gasteiger partial charge in [-0.25, -0.2) is 0 Å². The standard InChI is InChI=1S/C20H27N3O3S/c1-2-3-13-26-17-11-9-15(10-12-17)19-21-22-20(27-14-18(24)25)23(19)16-7-5-4-6-8-16/h9-12,16H,2-8,13-14H2,1H3,(H,24,25). The number of aromatic nitrogens is 3. The van der Waals surface area contributed by atoms with Gasteiger partial charge < -0.3 is 9.84 Å². The predicted molar refractivity (Wildman–Crippen MR) is 106 cm³/mol. The van der Waals surface area contributed by atoms with Crippen LogP contribution in [0.2, 0.25) is 0 Å². The van der Waals surface area contributed by atoms with Gasteiger partial charge >= 0.3 is 5.97 Å². The number of ether oxygens (including phenoxy) is 1. The molecule has 0 spiro atoms. The fourth-order valence-corrected chi connectivity index (χ4v) is 4.13. The summed E-state index contributed by atoms with van der Waals surface area (Å²) < 4.78 is 7.89. The number of rotatable bonds is 9. The Morgan fingerprint density at radius 3 is 2.63 bits per heavy atom. The predicted octanol–water partition coefficient (Wildman–Crippen LogP) is 4.81. The molecule has 0 unspecified atom stereocenters. The first kappa shape index (κ1) is 19.7. The molecule has 1 heterocycles. The second-order valence-electron chi connectivity index (χ2n) is 6.88. The Labute approximate surface area is 164 Å². The van der Waals surface area contributed by atoms with Crippen molar-refractivity contribution >= 4 is 17.7 Å². The number of aliphatic carboxylic acids is 1. The quantitative estimate of drug-likeness (QED) is 0.490. The molecule has 0 atom stereocenters. The highest BCUT2D eigenvalue weighted by Crippen LogP contribution is 2.35. The van der Waals surface area contributed by atoms with Gasteiger partial charge in [0.05, 0.1) is 12.4 Å². The number of unbranched alkanes of at least 4 members (excludes halogenated alkanes) is 1. The first-order chi connectivity index (χ1) is 13.2. The zero-order chi connectivity index (χ0) is 19.1. The van der Waals surface area contributed by atoms with E-state index in [0.29, 0.717) is 11.2 Å². The van der Waals surface area contributed by atoms with Crippen LogP contribution in [0.4, 0.5) is 0 Å². The monoisotopic (exact) mass is 389 g/mol. The van der Waals surface area contributed by atoms with E-state index >= 15 is 0 Å². The molecule has 0 radical (unpaired) electrons. The molecule has 1 aliphatic rings. The van der Waals surface area contributed by atoms with Crippen molar-refractivity contribution in [1.29, 1.82) is 0 Å². The minimum absolute atomic E-state index is 0.00490. The molecular weight excluding hydrogens is 362 g/mol. The minimum atomic E-state index is -0.840. The Bertz CT molecular complexity index is 739. The van der Waals surface area contributed by atoms with Gasteiger partial charge in [0.15, 0.2) is 11.0 Å². The smallest absolute Gasteiger partial charge is 0.313 e. The van der Waals surface area contributed by atoms with E-state index in [-0.39, 0.29) is 5.75 Å². The summed E-state index contributed by atoms with van der Waals surface area (Å²) in [5.41, 5.74) is 0.984. The number of thioether (sulfide) groups is 1. The minimum Gasteiger partial charge on any atom is -0.494 e. The third-order valence-electron chi connectivity index (χ3n) is 4.81. The molecule has 6 nitrogen and oxygen atoms in total. The number of hydrogen-bond donors (Lipinski definition) is 1. The molecular formula is C20H27N3O3S. The van der Waals surface area contributed by atoms with Crippen molar-refractivity contribution in [2.24, 2.45) is 0 Å². The van der Waals surface area contributed by atoms with E-state index in [1.807, 2.05) is 24.3 Å². The SMILES string of the molecule is CCCCOc1ccc(-c2nnc(SCC(=O)O)n2C2CCCCC2)cc1. The third-order valence-corrected chi connectivity index (χ3v) is 5.74. The van der Waals surface area contributed by atoms with Gasteiger partial charge in [0.1, 0.15) is 5.75 Å². The Hall–Kier alpha value is -2.02. The largest absolute Gasteiger partial charge is 0.494 e. The van der Waals surface area contributed by atoms with E-state index in [1.165, 1.54) is 31.0 Å². The Morgan fingerprint density at radius 1 is 1.22 bits per heavy atom. The summed E-state index contributed by atoms with van der Waals surface area (Å²) in [6.45, 7) is 2.87. The van der Waals surface area contributed by atoms with Gasteiger partial charge in [-0.05, 0) is 43.5 Å². The van der Waals surface area contributed by atoms with Crippen LogP contribution in [-0.2, 0) is 4.79 Å². The maximum Gasteiger partial charge on any atom is 0.313 e. The van der Waals surface area contributed by atoms with Crippen molar-refractivity contribution in [1.82, 2.24) is 14.8 Å². The van der Waals surface area contributed by atoms with Crippen molar-refractivity contribution in [3.05, 3.63) is 24.3 Å². The highest BCUT2D eigenvalue weighted by Gasteiger charge is 2.24. The maximum absolute atomic E-state index is 11.0. The normalized spacial score (nSPS) is 15.0. The summed E-state index contributed by atoms with van der Waals surface area (Å²) >= 11 is 1.25. The lowest BCUT2D eigenvalue weighted by molar-refractivity contribution is -0.133. The summed E-state index contributed by atoms with van der Waals surface area (Å²) in [6.07, 6.45) is 7.97. The third kappa shape index (κ3) is 5.25. The van der Waals surface area contributed by atoms with E-state index in [4.69, 9.17) is 9.84 Å². The molecule has 2 aromatic rings. The average molecular weight is 390 g/mol. The number of carboxylic acids is 1. The molecule has 0 saturated heterocycles. The zero-order valence-electron chi connectivity index (χ0n) is 15.8. The molecule has 1 aliphatic carbocycles. The van der Waals surface area contributed by atoms with Crippen LogP contribution in [0, 0.1) is 0 Å². The van der Waals surface area contributed by atoms with Crippen LogP contribution in [0.15, 0.2) is 29.4 Å². The van der Waals surface area contributed by atoms with E-state index in [1.54, 1.807) is 0 Å². The second kappa shape index (κ2) is 9.78. The molecule has 1 aromatic heterocycles. The van der Waals surface area contributed by atoms with Crippen LogP contribution in [0.3, 0.4) is 0 Å². The molecule has 1 aromatic carbocycles. The molecule has 146 valence electrons. The highest BCUT2D eigenvalue weighted by atomic mass is 32.2. The lowest BCUT2D eigenvalue weighted by atomic mass is 9.95. The highest BCUT2D eigenvalue weighted by molar-refractivity contribution is 7.99. The summed E-state index contributed by atoms with van der Waals surface area (Å²) in [4.78, 5) is 11.0. The first-order valence-corrected chi connectivity index (χ1v) is 10.7. The Balaban J connectivity index is 1.83. The van der Waals surface area contributed by atoms with Crippen LogP contribution in [0.5, 0.6) is 5.75 Å². The van der Waals surface area contributed by atoms with E-state index in [0.717, 1.165) is 49.4 Å². The summed E-state index contributed by atoms with van der Waals surface area (Å²) in [5.74, 6) is 0.828. The topological polar surface area (TPSA) is 77.2 Å². The van der Waals surface area contributed by atoms with Crippen molar-refractivity contribution in [2.75, 3.05) is 12.4 Å². The van der Waals surface area contributed by atoms with Gasteiger partial charge in [0.2, 0.25) is 0 Å². The lowest BCUT2D eigenvalue weighted by Crippen LogP contribution is -2.15. The fourth-order valence-electron chi connectivity index (χ4n) is 3.40. The average Bonchev–Trinajstić information content (AvgIpc) is 3.12. The van der Waals surface area contributed by atoms with Crippen LogP contribution in [0.1, 0.15) is 57.9 Å². The fraction of sp³-hybridized carbons (Fsp3) is 0.550. The van der Waals surface area contributed by atoms with Gasteiger partial charge in [-0.3, -0.25) is 9.36 Å².